The lowest BCUT2D eigenvalue weighted by atomic mass is 9.91. The molecule has 1 aromatic rings. The van der Waals surface area contributed by atoms with Crippen LogP contribution in [0.1, 0.15) is 37.5 Å². The summed E-state index contributed by atoms with van der Waals surface area (Å²) in [5, 5.41) is 6.71. The number of nitrogens with one attached hydrogen (secondary N) is 1. The Hall–Kier alpha value is -0.0900. The molecule has 0 amide bonds. The predicted molar refractivity (Wildman–Crippen MR) is 78.4 cm³/mol. The fraction of sp³-hybridized carbons (Fsp3) is 0.714. The zero-order chi connectivity index (χ0) is 12.6. The number of halogens is 1. The summed E-state index contributed by atoms with van der Waals surface area (Å²) >= 11 is 8.05. The molecule has 1 aromatic heterocycles. The molecular formula is C14H21ClN2S. The minimum Gasteiger partial charge on any atom is -0.311 e. The van der Waals surface area contributed by atoms with E-state index in [2.05, 4.69) is 22.5 Å². The molecule has 0 radical (unpaired) electrons. The third-order valence-electron chi connectivity index (χ3n) is 4.50. The van der Waals surface area contributed by atoms with Crippen LogP contribution in [0.25, 0.3) is 0 Å². The van der Waals surface area contributed by atoms with Crippen molar-refractivity contribution >= 4 is 22.9 Å². The molecule has 1 N–H and O–H groups in total. The van der Waals surface area contributed by atoms with Crippen LogP contribution in [0.2, 0.25) is 5.02 Å². The van der Waals surface area contributed by atoms with Crippen molar-refractivity contribution in [2.45, 2.75) is 50.7 Å². The molecule has 1 atom stereocenters. The van der Waals surface area contributed by atoms with E-state index in [0.29, 0.717) is 11.6 Å². The Kier molecular flexibility index (Phi) is 3.68. The highest BCUT2D eigenvalue weighted by atomic mass is 35.5. The van der Waals surface area contributed by atoms with Crippen molar-refractivity contribution in [2.75, 3.05) is 13.1 Å². The van der Waals surface area contributed by atoms with Gasteiger partial charge in [-0.25, -0.2) is 0 Å². The van der Waals surface area contributed by atoms with E-state index in [9.17, 15) is 0 Å². The molecule has 1 saturated carbocycles. The maximum Gasteiger partial charge on any atom is 0.0558 e. The maximum atomic E-state index is 6.26. The summed E-state index contributed by atoms with van der Waals surface area (Å²) in [5.74, 6) is 0. The van der Waals surface area contributed by atoms with Gasteiger partial charge in [0.15, 0.2) is 0 Å². The molecule has 2 aliphatic rings. The summed E-state index contributed by atoms with van der Waals surface area (Å²) in [6.45, 7) is 5.61. The van der Waals surface area contributed by atoms with Gasteiger partial charge in [-0.2, -0.15) is 0 Å². The second kappa shape index (κ2) is 5.12. The standard InChI is InChI=1S/C14H21ClN2S/c1-11-8-17(9-13-12(15)4-7-18-13)14(10-16-11)5-2-3-6-14/h4,7,11,16H,2-3,5-6,8-10H2,1H3. The molecular weight excluding hydrogens is 264 g/mol. The van der Waals surface area contributed by atoms with Gasteiger partial charge in [0.1, 0.15) is 0 Å². The topological polar surface area (TPSA) is 15.3 Å². The van der Waals surface area contributed by atoms with E-state index >= 15 is 0 Å². The van der Waals surface area contributed by atoms with Crippen molar-refractivity contribution in [1.29, 1.82) is 0 Å². The molecule has 2 heterocycles. The molecule has 0 bridgehead atoms. The summed E-state index contributed by atoms with van der Waals surface area (Å²) in [5.41, 5.74) is 0.403. The molecule has 3 rings (SSSR count). The van der Waals surface area contributed by atoms with E-state index in [1.807, 2.05) is 6.07 Å². The zero-order valence-corrected chi connectivity index (χ0v) is 12.5. The fourth-order valence-corrected chi connectivity index (χ4v) is 4.54. The van der Waals surface area contributed by atoms with Gasteiger partial charge >= 0.3 is 0 Å². The van der Waals surface area contributed by atoms with Gasteiger partial charge in [0.05, 0.1) is 5.02 Å². The van der Waals surface area contributed by atoms with Crippen molar-refractivity contribution < 1.29 is 0 Å². The lowest BCUT2D eigenvalue weighted by Crippen LogP contribution is -2.62. The average molecular weight is 285 g/mol. The second-order valence-corrected chi connectivity index (χ2v) is 7.19. The van der Waals surface area contributed by atoms with Crippen LogP contribution in [0.3, 0.4) is 0 Å². The Balaban J connectivity index is 1.80. The molecule has 1 aliphatic carbocycles. The van der Waals surface area contributed by atoms with Crippen molar-refractivity contribution in [3.63, 3.8) is 0 Å². The van der Waals surface area contributed by atoms with Gasteiger partial charge < -0.3 is 5.32 Å². The molecule has 2 nitrogen and oxygen atoms in total. The van der Waals surface area contributed by atoms with Gasteiger partial charge in [-0.05, 0) is 31.2 Å². The van der Waals surface area contributed by atoms with Gasteiger partial charge in [-0.3, -0.25) is 4.90 Å². The Morgan fingerprint density at radius 3 is 2.94 bits per heavy atom. The van der Waals surface area contributed by atoms with E-state index in [1.165, 1.54) is 30.6 Å². The van der Waals surface area contributed by atoms with E-state index < -0.39 is 0 Å². The minimum absolute atomic E-state index is 0.403. The first-order valence-corrected chi connectivity index (χ1v) is 8.16. The smallest absolute Gasteiger partial charge is 0.0558 e. The first-order valence-electron chi connectivity index (χ1n) is 6.90. The van der Waals surface area contributed by atoms with Gasteiger partial charge in [0.25, 0.3) is 0 Å². The molecule has 2 fully saturated rings. The molecule has 1 unspecified atom stereocenters. The largest absolute Gasteiger partial charge is 0.311 e. The molecule has 18 heavy (non-hydrogen) atoms. The van der Waals surface area contributed by atoms with E-state index in [0.717, 1.165) is 24.7 Å². The van der Waals surface area contributed by atoms with Gasteiger partial charge in [0.2, 0.25) is 0 Å². The predicted octanol–water partition coefficient (Wildman–Crippen LogP) is 3.51. The first kappa shape index (κ1) is 12.9. The van der Waals surface area contributed by atoms with Crippen LogP contribution in [0, 0.1) is 0 Å². The molecule has 1 spiro atoms. The maximum absolute atomic E-state index is 6.26. The highest BCUT2D eigenvalue weighted by Crippen LogP contribution is 2.38. The van der Waals surface area contributed by atoms with E-state index in [4.69, 9.17) is 11.6 Å². The lowest BCUT2D eigenvalue weighted by molar-refractivity contribution is 0.0402. The summed E-state index contributed by atoms with van der Waals surface area (Å²) in [6.07, 6.45) is 5.45. The minimum atomic E-state index is 0.403. The zero-order valence-electron chi connectivity index (χ0n) is 10.9. The molecule has 4 heteroatoms. The monoisotopic (exact) mass is 284 g/mol. The highest BCUT2D eigenvalue weighted by Gasteiger charge is 2.42. The Labute approximate surface area is 118 Å². The number of nitrogens with zero attached hydrogens (tertiary/aromatic N) is 1. The van der Waals surface area contributed by atoms with Gasteiger partial charge in [0, 0.05) is 36.1 Å². The summed E-state index contributed by atoms with van der Waals surface area (Å²) in [4.78, 5) is 4.02. The number of hydrogen-bond donors (Lipinski definition) is 1. The van der Waals surface area contributed by atoms with Crippen LogP contribution in [0.4, 0.5) is 0 Å². The molecule has 100 valence electrons. The molecule has 1 saturated heterocycles. The average Bonchev–Trinajstić information content (AvgIpc) is 2.96. The molecule has 0 aromatic carbocycles. The Bertz CT molecular complexity index is 412. The Morgan fingerprint density at radius 1 is 1.50 bits per heavy atom. The van der Waals surface area contributed by atoms with Crippen molar-refractivity contribution in [3.8, 4) is 0 Å². The molecule has 1 aliphatic heterocycles. The number of thiophene rings is 1. The SMILES string of the molecule is CC1CN(Cc2sccc2Cl)C2(CCCC2)CN1. The third kappa shape index (κ3) is 2.34. The first-order chi connectivity index (χ1) is 8.70. The van der Waals surface area contributed by atoms with Crippen LogP contribution in [-0.2, 0) is 6.54 Å². The van der Waals surface area contributed by atoms with Gasteiger partial charge in [-0.15, -0.1) is 11.3 Å². The fourth-order valence-electron chi connectivity index (χ4n) is 3.43. The highest BCUT2D eigenvalue weighted by molar-refractivity contribution is 7.10. The van der Waals surface area contributed by atoms with E-state index in [1.54, 1.807) is 11.3 Å². The quantitative estimate of drug-likeness (QED) is 0.894. The summed E-state index contributed by atoms with van der Waals surface area (Å²) in [7, 11) is 0. The third-order valence-corrected chi connectivity index (χ3v) is 5.88. The van der Waals surface area contributed by atoms with E-state index in [-0.39, 0.29) is 0 Å². The van der Waals surface area contributed by atoms with Crippen LogP contribution < -0.4 is 5.32 Å². The van der Waals surface area contributed by atoms with Crippen molar-refractivity contribution in [3.05, 3.63) is 21.3 Å². The van der Waals surface area contributed by atoms with Crippen LogP contribution >= 0.6 is 22.9 Å². The normalized spacial score (nSPS) is 28.0. The van der Waals surface area contributed by atoms with Gasteiger partial charge in [-0.1, -0.05) is 24.4 Å². The van der Waals surface area contributed by atoms with Crippen molar-refractivity contribution in [2.24, 2.45) is 0 Å². The second-order valence-electron chi connectivity index (χ2n) is 5.79. The Morgan fingerprint density at radius 2 is 2.28 bits per heavy atom. The summed E-state index contributed by atoms with van der Waals surface area (Å²) < 4.78 is 0. The van der Waals surface area contributed by atoms with Crippen LogP contribution in [0.15, 0.2) is 11.4 Å². The summed E-state index contributed by atoms with van der Waals surface area (Å²) in [6, 6.07) is 2.61. The lowest BCUT2D eigenvalue weighted by Gasteiger charge is -2.47. The number of rotatable bonds is 2. The van der Waals surface area contributed by atoms with Crippen LogP contribution in [-0.4, -0.2) is 29.6 Å². The number of piperazine rings is 1. The van der Waals surface area contributed by atoms with Crippen molar-refractivity contribution in [1.82, 2.24) is 10.2 Å². The van der Waals surface area contributed by atoms with Crippen LogP contribution in [0.5, 0.6) is 0 Å². The number of hydrogen-bond acceptors (Lipinski definition) is 3.